The third-order valence-electron chi connectivity index (χ3n) is 9.73. The third kappa shape index (κ3) is 9.31. The predicted octanol–water partition coefficient (Wildman–Crippen LogP) is 9.67. The van der Waals surface area contributed by atoms with Crippen LogP contribution in [0, 0.1) is 11.3 Å². The van der Waals surface area contributed by atoms with Gasteiger partial charge in [0, 0.05) is 12.1 Å². The van der Waals surface area contributed by atoms with Gasteiger partial charge in [-0.15, -0.1) is 0 Å². The number of benzene rings is 5. The Morgan fingerprint density at radius 2 is 1.31 bits per heavy atom. The topological polar surface area (TPSA) is 91.6 Å². The molecule has 288 valence electrons. The highest BCUT2D eigenvalue weighted by Gasteiger charge is 2.46. The van der Waals surface area contributed by atoms with E-state index in [9.17, 15) is 5.26 Å². The van der Waals surface area contributed by atoms with Crippen molar-refractivity contribution in [2.45, 2.75) is 70.1 Å². The maximum absolute atomic E-state index is 9.38. The Labute approximate surface area is 326 Å². The van der Waals surface area contributed by atoms with Gasteiger partial charge in [-0.2, -0.15) is 5.26 Å². The summed E-state index contributed by atoms with van der Waals surface area (Å²) in [5.74, 6) is 2.20. The first-order chi connectivity index (χ1) is 26.8. The predicted molar refractivity (Wildman–Crippen MR) is 216 cm³/mol. The van der Waals surface area contributed by atoms with E-state index in [1.54, 1.807) is 14.2 Å². The SMILES string of the molecule is COc1ccc(C(OC[C@H]2OC[C@H](Oc3ccc4ccccc4c3)[C@@H]2OP(OCCC#N)N(C(C)C)C(C)C)(c2ccccc2)c2ccc(OC)cc2)cc1. The van der Waals surface area contributed by atoms with Crippen LogP contribution >= 0.6 is 8.53 Å². The van der Waals surface area contributed by atoms with Gasteiger partial charge in [0.15, 0.2) is 6.10 Å². The van der Waals surface area contributed by atoms with Crippen molar-refractivity contribution in [1.29, 1.82) is 5.26 Å². The maximum Gasteiger partial charge on any atom is 0.259 e. The summed E-state index contributed by atoms with van der Waals surface area (Å²) in [4.78, 5) is 0. The molecule has 10 heteroatoms. The molecular formula is C45H51N2O7P. The molecule has 4 atom stereocenters. The first-order valence-electron chi connectivity index (χ1n) is 18.8. The van der Waals surface area contributed by atoms with Crippen molar-refractivity contribution >= 4 is 19.3 Å². The van der Waals surface area contributed by atoms with Gasteiger partial charge in [-0.3, -0.25) is 0 Å². The molecule has 0 aromatic heterocycles. The fraction of sp³-hybridized carbons (Fsp3) is 0.356. The van der Waals surface area contributed by atoms with Crippen molar-refractivity contribution in [1.82, 2.24) is 4.67 Å². The van der Waals surface area contributed by atoms with E-state index in [0.717, 1.165) is 44.7 Å². The van der Waals surface area contributed by atoms with Gasteiger partial charge in [0.2, 0.25) is 0 Å². The van der Waals surface area contributed by atoms with Crippen LogP contribution in [0.5, 0.6) is 17.2 Å². The molecule has 1 heterocycles. The fourth-order valence-electron chi connectivity index (χ4n) is 7.12. The molecule has 55 heavy (non-hydrogen) atoms. The molecule has 9 nitrogen and oxygen atoms in total. The molecule has 1 saturated heterocycles. The monoisotopic (exact) mass is 762 g/mol. The van der Waals surface area contributed by atoms with Gasteiger partial charge in [-0.05, 0) is 91.6 Å². The maximum atomic E-state index is 9.38. The van der Waals surface area contributed by atoms with Crippen LogP contribution in [-0.2, 0) is 24.1 Å². The summed E-state index contributed by atoms with van der Waals surface area (Å²) in [7, 11) is 1.69. The Balaban J connectivity index is 1.40. The summed E-state index contributed by atoms with van der Waals surface area (Å²) in [6.45, 7) is 9.17. The van der Waals surface area contributed by atoms with E-state index >= 15 is 0 Å². The first kappa shape index (κ1) is 40.2. The van der Waals surface area contributed by atoms with E-state index in [1.165, 1.54) is 0 Å². The summed E-state index contributed by atoms with van der Waals surface area (Å²) in [6, 6.07) is 42.9. The van der Waals surface area contributed by atoms with Crippen molar-refractivity contribution in [2.75, 3.05) is 34.0 Å². The molecule has 1 aliphatic rings. The quantitative estimate of drug-likeness (QED) is 0.0492. The van der Waals surface area contributed by atoms with Crippen molar-refractivity contribution in [2.24, 2.45) is 0 Å². The molecule has 5 aromatic carbocycles. The molecule has 0 saturated carbocycles. The fourth-order valence-corrected chi connectivity index (χ4v) is 8.91. The number of nitriles is 1. The molecule has 0 radical (unpaired) electrons. The van der Waals surface area contributed by atoms with Gasteiger partial charge in [0.25, 0.3) is 8.53 Å². The lowest BCUT2D eigenvalue weighted by Gasteiger charge is -2.39. The van der Waals surface area contributed by atoms with Crippen molar-refractivity contribution in [3.63, 3.8) is 0 Å². The average Bonchev–Trinajstić information content (AvgIpc) is 3.58. The Bertz CT molecular complexity index is 1930. The van der Waals surface area contributed by atoms with Crippen LogP contribution < -0.4 is 14.2 Å². The highest BCUT2D eigenvalue weighted by atomic mass is 31.2. The molecule has 6 rings (SSSR count). The van der Waals surface area contributed by atoms with E-state index in [1.807, 2.05) is 91.0 Å². The number of fused-ring (bicyclic) bond motifs is 1. The minimum absolute atomic E-state index is 0.112. The Morgan fingerprint density at radius 1 is 0.745 bits per heavy atom. The van der Waals surface area contributed by atoms with Crippen LogP contribution in [0.15, 0.2) is 121 Å². The van der Waals surface area contributed by atoms with E-state index in [0.29, 0.717) is 0 Å². The van der Waals surface area contributed by atoms with Crippen LogP contribution in [0.25, 0.3) is 10.8 Å². The highest BCUT2D eigenvalue weighted by Crippen LogP contribution is 2.50. The number of rotatable bonds is 18. The van der Waals surface area contributed by atoms with Gasteiger partial charge >= 0.3 is 0 Å². The van der Waals surface area contributed by atoms with Crippen LogP contribution in [0.3, 0.4) is 0 Å². The third-order valence-corrected chi connectivity index (χ3v) is 11.9. The van der Waals surface area contributed by atoms with Crippen LogP contribution in [0.4, 0.5) is 0 Å². The summed E-state index contributed by atoms with van der Waals surface area (Å²) in [6.07, 6.45) is -1.36. The molecule has 1 unspecified atom stereocenters. The van der Waals surface area contributed by atoms with Crippen LogP contribution in [0.1, 0.15) is 50.8 Å². The minimum Gasteiger partial charge on any atom is -0.497 e. The number of ether oxygens (including phenoxy) is 5. The zero-order chi connectivity index (χ0) is 38.8. The van der Waals surface area contributed by atoms with Crippen molar-refractivity contribution in [3.8, 4) is 23.3 Å². The molecule has 0 amide bonds. The number of hydrogen-bond acceptors (Lipinski definition) is 9. The molecular weight excluding hydrogens is 711 g/mol. The largest absolute Gasteiger partial charge is 0.497 e. The standard InChI is InChI=1S/C45H51N2O7P/c1-32(2)47(33(3)4)55(52-28-12-27-46)54-44-42(50-30-43(44)53-41-22-17-34-13-10-11-14-35(34)29-41)31-51-45(36-15-8-7-9-16-36,37-18-23-39(48-5)24-19-37)38-20-25-40(49-6)26-21-38/h7-11,13-26,29,32-33,42-44H,12,28,30-31H2,1-6H3/t42-,43+,44-,55?/m1/s1. The van der Waals surface area contributed by atoms with Gasteiger partial charge in [-0.25, -0.2) is 4.67 Å². The molecule has 0 spiro atoms. The second kappa shape index (κ2) is 18.9. The number of hydrogen-bond donors (Lipinski definition) is 0. The highest BCUT2D eigenvalue weighted by molar-refractivity contribution is 7.44. The molecule has 0 bridgehead atoms. The minimum atomic E-state index is -1.62. The van der Waals surface area contributed by atoms with Crippen LogP contribution in [0.2, 0.25) is 0 Å². The van der Waals surface area contributed by atoms with Crippen LogP contribution in [-0.4, -0.2) is 69.1 Å². The van der Waals surface area contributed by atoms with E-state index in [2.05, 4.69) is 68.8 Å². The summed E-state index contributed by atoms with van der Waals surface area (Å²) in [5, 5.41) is 11.6. The van der Waals surface area contributed by atoms with E-state index in [-0.39, 0.29) is 38.3 Å². The van der Waals surface area contributed by atoms with Gasteiger partial charge in [-0.1, -0.05) is 84.9 Å². The molecule has 5 aromatic rings. The first-order valence-corrected chi connectivity index (χ1v) is 19.9. The van der Waals surface area contributed by atoms with Gasteiger partial charge in [0.1, 0.15) is 35.1 Å². The molecule has 1 aliphatic heterocycles. The zero-order valence-electron chi connectivity index (χ0n) is 32.5. The summed E-state index contributed by atoms with van der Waals surface area (Å²) >= 11 is 0. The average molecular weight is 763 g/mol. The molecule has 1 fully saturated rings. The Hall–Kier alpha value is -4.52. The lowest BCUT2D eigenvalue weighted by atomic mass is 9.80. The smallest absolute Gasteiger partial charge is 0.259 e. The normalized spacial score (nSPS) is 17.8. The second-order valence-corrected chi connectivity index (χ2v) is 15.4. The zero-order valence-corrected chi connectivity index (χ0v) is 33.4. The van der Waals surface area contributed by atoms with E-state index in [4.69, 9.17) is 32.7 Å². The summed E-state index contributed by atoms with van der Waals surface area (Å²) < 4.78 is 47.4. The van der Waals surface area contributed by atoms with Gasteiger partial charge in [0.05, 0.1) is 46.5 Å². The Kier molecular flexibility index (Phi) is 13.8. The Morgan fingerprint density at radius 3 is 1.89 bits per heavy atom. The second-order valence-electron chi connectivity index (χ2n) is 14.0. The number of methoxy groups -OCH3 is 2. The van der Waals surface area contributed by atoms with Gasteiger partial charge < -0.3 is 32.7 Å². The lowest BCUT2D eigenvalue weighted by molar-refractivity contribution is -0.0690. The molecule has 0 N–H and O–H groups in total. The molecule has 0 aliphatic carbocycles. The van der Waals surface area contributed by atoms with Crippen molar-refractivity contribution in [3.05, 3.63) is 138 Å². The lowest BCUT2D eigenvalue weighted by Crippen LogP contribution is -2.43. The van der Waals surface area contributed by atoms with Crippen molar-refractivity contribution < 1.29 is 32.7 Å². The van der Waals surface area contributed by atoms with E-state index < -0.39 is 32.4 Å². The number of nitrogens with zero attached hydrogens (tertiary/aromatic N) is 2. The summed E-state index contributed by atoms with van der Waals surface area (Å²) in [5.41, 5.74) is 1.72.